The fourth-order valence-electron chi connectivity index (χ4n) is 4.50. The first-order valence-corrected chi connectivity index (χ1v) is 9.59. The molecule has 2 atom stereocenters. The minimum absolute atomic E-state index is 0.226. The van der Waals surface area contributed by atoms with E-state index in [1.807, 2.05) is 35.7 Å². The van der Waals surface area contributed by atoms with Crippen molar-refractivity contribution in [2.45, 2.75) is 32.2 Å². The summed E-state index contributed by atoms with van der Waals surface area (Å²) in [5, 5.41) is 0. The highest BCUT2D eigenvalue weighted by Gasteiger charge is 2.36. The molecule has 0 aliphatic carbocycles. The lowest BCUT2D eigenvalue weighted by atomic mass is 9.95. The molecule has 5 rings (SSSR count). The van der Waals surface area contributed by atoms with Crippen LogP contribution in [0, 0.1) is 12.8 Å². The molecule has 6 nitrogen and oxygen atoms in total. The van der Waals surface area contributed by atoms with E-state index in [0.29, 0.717) is 18.4 Å². The number of hydrogen-bond acceptors (Lipinski definition) is 4. The number of rotatable bonds is 5. The molecule has 3 fully saturated rings. The molecule has 2 bridgehead atoms. The second-order valence-corrected chi connectivity index (χ2v) is 7.63. The summed E-state index contributed by atoms with van der Waals surface area (Å²) in [6, 6.07) is 6.42. The average Bonchev–Trinajstić information content (AvgIpc) is 2.81. The van der Waals surface area contributed by atoms with Crippen LogP contribution < -0.4 is 0 Å². The van der Waals surface area contributed by atoms with Gasteiger partial charge >= 0.3 is 0 Å². The Morgan fingerprint density at radius 1 is 1.27 bits per heavy atom. The number of ether oxygens (including phenoxy) is 1. The van der Waals surface area contributed by atoms with E-state index in [1.165, 1.54) is 12.8 Å². The van der Waals surface area contributed by atoms with Crippen LogP contribution in [0.5, 0.6) is 0 Å². The first-order chi connectivity index (χ1) is 12.7. The Morgan fingerprint density at radius 2 is 2.15 bits per heavy atom. The Labute approximate surface area is 154 Å². The van der Waals surface area contributed by atoms with Gasteiger partial charge in [0.25, 0.3) is 0 Å². The van der Waals surface area contributed by atoms with Gasteiger partial charge in [-0.15, -0.1) is 0 Å². The second-order valence-electron chi connectivity index (χ2n) is 7.63. The van der Waals surface area contributed by atoms with Crippen LogP contribution >= 0.6 is 0 Å². The molecule has 3 aliphatic rings. The van der Waals surface area contributed by atoms with Crippen molar-refractivity contribution in [3.63, 3.8) is 0 Å². The number of carbonyl (C=O) groups excluding carboxylic acids is 1. The predicted octanol–water partition coefficient (Wildman–Crippen LogP) is 1.75. The summed E-state index contributed by atoms with van der Waals surface area (Å²) < 4.78 is 7.31. The van der Waals surface area contributed by atoms with Gasteiger partial charge in [-0.25, -0.2) is 4.98 Å². The lowest BCUT2D eigenvalue weighted by molar-refractivity contribution is -0.130. The maximum Gasteiger partial charge on any atom is 0.228 e. The number of methoxy groups -OCH3 is 1. The average molecular weight is 356 g/mol. The Kier molecular flexibility index (Phi) is 4.96. The molecule has 0 aromatic carbocycles. The van der Waals surface area contributed by atoms with E-state index in [1.54, 1.807) is 7.11 Å². The Balaban J connectivity index is 1.49. The SMILES string of the molecule is COCCN1C[C@H]2CC[C@@H]1CN(C(=O)Cc1c(C)nc3ccccn13)C2. The highest BCUT2D eigenvalue weighted by molar-refractivity contribution is 5.79. The highest BCUT2D eigenvalue weighted by atomic mass is 16.5. The van der Waals surface area contributed by atoms with Gasteiger partial charge in [0.1, 0.15) is 5.65 Å². The van der Waals surface area contributed by atoms with Crippen molar-refractivity contribution >= 4 is 11.6 Å². The third kappa shape index (κ3) is 3.35. The molecule has 1 amide bonds. The lowest BCUT2D eigenvalue weighted by Crippen LogP contribution is -2.45. The van der Waals surface area contributed by atoms with Crippen LogP contribution in [-0.2, 0) is 16.0 Å². The van der Waals surface area contributed by atoms with Gasteiger partial charge in [-0.1, -0.05) is 6.07 Å². The minimum Gasteiger partial charge on any atom is -0.383 e. The number of aryl methyl sites for hydroxylation is 1. The van der Waals surface area contributed by atoms with E-state index < -0.39 is 0 Å². The summed E-state index contributed by atoms with van der Waals surface area (Å²) in [5.41, 5.74) is 2.87. The minimum atomic E-state index is 0.226. The molecule has 0 N–H and O–H groups in total. The van der Waals surface area contributed by atoms with Crippen molar-refractivity contribution < 1.29 is 9.53 Å². The number of hydrogen-bond donors (Lipinski definition) is 0. The fraction of sp³-hybridized carbons (Fsp3) is 0.600. The van der Waals surface area contributed by atoms with Crippen LogP contribution in [0.1, 0.15) is 24.2 Å². The molecule has 0 unspecified atom stereocenters. The van der Waals surface area contributed by atoms with E-state index in [9.17, 15) is 4.79 Å². The van der Waals surface area contributed by atoms with Crippen molar-refractivity contribution in [3.8, 4) is 0 Å². The Morgan fingerprint density at radius 3 is 3.00 bits per heavy atom. The molecule has 0 saturated carbocycles. The zero-order valence-electron chi connectivity index (χ0n) is 15.7. The monoisotopic (exact) mass is 356 g/mol. The van der Waals surface area contributed by atoms with E-state index in [0.717, 1.165) is 49.8 Å². The molecule has 6 heteroatoms. The number of fused-ring (bicyclic) bond motifs is 5. The van der Waals surface area contributed by atoms with Crippen molar-refractivity contribution in [2.75, 3.05) is 39.9 Å². The first-order valence-electron chi connectivity index (χ1n) is 9.59. The zero-order valence-corrected chi connectivity index (χ0v) is 15.7. The third-order valence-corrected chi connectivity index (χ3v) is 5.91. The number of amides is 1. The van der Waals surface area contributed by atoms with Gasteiger partial charge in [0.15, 0.2) is 0 Å². The summed E-state index contributed by atoms with van der Waals surface area (Å²) in [7, 11) is 1.75. The predicted molar refractivity (Wildman–Crippen MR) is 100 cm³/mol. The van der Waals surface area contributed by atoms with E-state index in [4.69, 9.17) is 4.74 Å². The molecule has 5 heterocycles. The van der Waals surface area contributed by atoms with Gasteiger partial charge in [0.05, 0.1) is 24.4 Å². The van der Waals surface area contributed by atoms with Gasteiger partial charge in [-0.2, -0.15) is 0 Å². The van der Waals surface area contributed by atoms with Crippen LogP contribution in [0.2, 0.25) is 0 Å². The lowest BCUT2D eigenvalue weighted by Gasteiger charge is -2.35. The Hall–Kier alpha value is -1.92. The van der Waals surface area contributed by atoms with E-state index >= 15 is 0 Å². The molecule has 3 aliphatic heterocycles. The smallest absolute Gasteiger partial charge is 0.228 e. The molecule has 2 aromatic rings. The van der Waals surface area contributed by atoms with Crippen molar-refractivity contribution in [3.05, 3.63) is 35.8 Å². The molecular weight excluding hydrogens is 328 g/mol. The van der Waals surface area contributed by atoms with Crippen LogP contribution in [0.25, 0.3) is 5.65 Å². The molecular formula is C20H28N4O2. The van der Waals surface area contributed by atoms with Gasteiger partial charge in [-0.05, 0) is 37.8 Å². The standard InChI is InChI=1S/C20H28N4O2/c1-15-18(24-8-4-3-5-19(24)21-15)11-20(25)23-13-16-6-7-17(14-23)22(12-16)9-10-26-2/h3-5,8,16-17H,6-7,9-14H2,1-2H3/t16-,17-/m1/s1. The highest BCUT2D eigenvalue weighted by Crippen LogP contribution is 2.28. The van der Waals surface area contributed by atoms with Crippen molar-refractivity contribution in [1.82, 2.24) is 19.2 Å². The maximum absolute atomic E-state index is 13.1. The van der Waals surface area contributed by atoms with Gasteiger partial charge < -0.3 is 14.0 Å². The fourth-order valence-corrected chi connectivity index (χ4v) is 4.50. The zero-order chi connectivity index (χ0) is 18.1. The summed E-state index contributed by atoms with van der Waals surface area (Å²) >= 11 is 0. The quantitative estimate of drug-likeness (QED) is 0.819. The first kappa shape index (κ1) is 17.5. The summed E-state index contributed by atoms with van der Waals surface area (Å²) in [5.74, 6) is 0.807. The van der Waals surface area contributed by atoms with Crippen LogP contribution in [0.4, 0.5) is 0 Å². The number of nitrogens with zero attached hydrogens (tertiary/aromatic N) is 4. The van der Waals surface area contributed by atoms with Crippen LogP contribution in [0.15, 0.2) is 24.4 Å². The molecule has 0 spiro atoms. The molecule has 0 radical (unpaired) electrons. The number of carbonyl (C=O) groups is 1. The number of imidazole rings is 1. The van der Waals surface area contributed by atoms with Crippen molar-refractivity contribution in [2.24, 2.45) is 5.92 Å². The molecule has 26 heavy (non-hydrogen) atoms. The molecule has 140 valence electrons. The van der Waals surface area contributed by atoms with Crippen LogP contribution in [0.3, 0.4) is 0 Å². The van der Waals surface area contributed by atoms with Crippen molar-refractivity contribution in [1.29, 1.82) is 0 Å². The molecule has 2 aromatic heterocycles. The summed E-state index contributed by atoms with van der Waals surface area (Å²) in [6.07, 6.45) is 4.84. The number of pyridine rings is 1. The van der Waals surface area contributed by atoms with Gasteiger partial charge in [-0.3, -0.25) is 9.69 Å². The maximum atomic E-state index is 13.1. The Bertz CT molecular complexity index is 787. The van der Waals surface area contributed by atoms with Gasteiger partial charge in [0.2, 0.25) is 5.91 Å². The largest absolute Gasteiger partial charge is 0.383 e. The third-order valence-electron chi connectivity index (χ3n) is 5.91. The topological polar surface area (TPSA) is 50.1 Å². The van der Waals surface area contributed by atoms with Gasteiger partial charge in [0, 0.05) is 45.5 Å². The molecule has 3 saturated heterocycles. The number of piperidine rings is 1. The second kappa shape index (κ2) is 7.37. The summed E-state index contributed by atoms with van der Waals surface area (Å²) in [4.78, 5) is 22.3. The van der Waals surface area contributed by atoms with E-state index in [2.05, 4.69) is 14.8 Å². The normalized spacial score (nSPS) is 23.5. The number of aromatic nitrogens is 2. The van der Waals surface area contributed by atoms with Crippen LogP contribution in [-0.4, -0.2) is 71.0 Å². The summed E-state index contributed by atoms with van der Waals surface area (Å²) in [6.45, 7) is 6.54. The van der Waals surface area contributed by atoms with E-state index in [-0.39, 0.29) is 5.91 Å².